The minimum Gasteiger partial charge on any atom is -0.387 e. The van der Waals surface area contributed by atoms with Gasteiger partial charge < -0.3 is 4.84 Å². The van der Waals surface area contributed by atoms with Crippen molar-refractivity contribution in [1.82, 2.24) is 0 Å². The van der Waals surface area contributed by atoms with Gasteiger partial charge in [0.25, 0.3) is 0 Å². The summed E-state index contributed by atoms with van der Waals surface area (Å²) in [6.07, 6.45) is 0.891. The first-order valence-corrected chi connectivity index (χ1v) is 6.94. The van der Waals surface area contributed by atoms with E-state index in [-0.39, 0.29) is 6.10 Å². The molecule has 2 nitrogen and oxygen atoms in total. The van der Waals surface area contributed by atoms with Crippen LogP contribution >= 0.6 is 22.6 Å². The molecule has 2 aromatic rings. The number of nitrogens with zero attached hydrogens (tertiary/aromatic N) is 1. The van der Waals surface area contributed by atoms with E-state index in [4.69, 9.17) is 4.84 Å². The van der Waals surface area contributed by atoms with Crippen LogP contribution < -0.4 is 0 Å². The fourth-order valence-corrected chi connectivity index (χ4v) is 2.39. The van der Waals surface area contributed by atoms with Gasteiger partial charge in [-0.15, -0.1) is 0 Å². The number of oxime groups is 1. The second kappa shape index (κ2) is 5.10. The summed E-state index contributed by atoms with van der Waals surface area (Å²) in [6, 6.07) is 18.6. The highest BCUT2D eigenvalue weighted by atomic mass is 127. The van der Waals surface area contributed by atoms with Crippen molar-refractivity contribution in [2.24, 2.45) is 5.16 Å². The smallest absolute Gasteiger partial charge is 0.158 e. The molecule has 3 rings (SSSR count). The maximum atomic E-state index is 5.53. The standard InChI is InChI=1S/C15H12INO/c16-13-8-6-12(7-9-13)15-10-14(17-18-15)11-4-2-1-3-5-11/h1-9,15H,10H2. The zero-order valence-corrected chi connectivity index (χ0v) is 11.9. The molecular formula is C15H12INO. The second-order valence-electron chi connectivity index (χ2n) is 4.25. The van der Waals surface area contributed by atoms with Gasteiger partial charge in [-0.3, -0.25) is 0 Å². The highest BCUT2D eigenvalue weighted by molar-refractivity contribution is 14.1. The molecular weight excluding hydrogens is 337 g/mol. The summed E-state index contributed by atoms with van der Waals surface area (Å²) < 4.78 is 1.23. The van der Waals surface area contributed by atoms with Gasteiger partial charge in [0.15, 0.2) is 6.10 Å². The van der Waals surface area contributed by atoms with Crippen molar-refractivity contribution >= 4 is 28.3 Å². The van der Waals surface area contributed by atoms with E-state index in [0.717, 1.165) is 17.7 Å². The monoisotopic (exact) mass is 349 g/mol. The fourth-order valence-electron chi connectivity index (χ4n) is 2.03. The Hall–Kier alpha value is -1.36. The molecule has 0 N–H and O–H groups in total. The molecule has 0 saturated carbocycles. The number of halogens is 1. The molecule has 0 aliphatic carbocycles. The summed E-state index contributed by atoms with van der Waals surface area (Å²) in [6.45, 7) is 0. The molecule has 1 aliphatic heterocycles. The molecule has 2 aromatic carbocycles. The second-order valence-corrected chi connectivity index (χ2v) is 5.50. The van der Waals surface area contributed by atoms with Crippen molar-refractivity contribution in [3.63, 3.8) is 0 Å². The fraction of sp³-hybridized carbons (Fsp3) is 0.133. The van der Waals surface area contributed by atoms with Crippen molar-refractivity contribution in [3.8, 4) is 0 Å². The van der Waals surface area contributed by atoms with Crippen LogP contribution in [0.2, 0.25) is 0 Å². The van der Waals surface area contributed by atoms with Crippen LogP contribution in [-0.4, -0.2) is 5.71 Å². The largest absolute Gasteiger partial charge is 0.387 e. The Balaban J connectivity index is 1.76. The lowest BCUT2D eigenvalue weighted by atomic mass is 10.0. The van der Waals surface area contributed by atoms with Gasteiger partial charge in [-0.1, -0.05) is 47.6 Å². The van der Waals surface area contributed by atoms with Crippen molar-refractivity contribution in [3.05, 3.63) is 69.3 Å². The van der Waals surface area contributed by atoms with Crippen LogP contribution in [0.15, 0.2) is 59.8 Å². The van der Waals surface area contributed by atoms with Crippen molar-refractivity contribution in [1.29, 1.82) is 0 Å². The SMILES string of the molecule is Ic1ccc(C2CC(c3ccccc3)=NO2)cc1. The first-order chi connectivity index (χ1) is 8.83. The molecule has 0 radical (unpaired) electrons. The molecule has 1 heterocycles. The van der Waals surface area contributed by atoms with Gasteiger partial charge in [0.05, 0.1) is 5.71 Å². The number of benzene rings is 2. The molecule has 0 spiro atoms. The molecule has 1 atom stereocenters. The Labute approximate surface area is 120 Å². The van der Waals surface area contributed by atoms with E-state index in [1.807, 2.05) is 18.2 Å². The number of hydrogen-bond donors (Lipinski definition) is 0. The zero-order chi connectivity index (χ0) is 12.4. The average Bonchev–Trinajstić information content (AvgIpc) is 2.90. The Morgan fingerprint density at radius 1 is 1.00 bits per heavy atom. The van der Waals surface area contributed by atoms with Crippen LogP contribution in [0.5, 0.6) is 0 Å². The van der Waals surface area contributed by atoms with Crippen LogP contribution in [0.25, 0.3) is 0 Å². The normalized spacial score (nSPS) is 18.3. The Kier molecular flexibility index (Phi) is 3.32. The van der Waals surface area contributed by atoms with Gasteiger partial charge in [-0.2, -0.15) is 0 Å². The van der Waals surface area contributed by atoms with Gasteiger partial charge in [-0.25, -0.2) is 0 Å². The lowest BCUT2D eigenvalue weighted by Gasteiger charge is -2.08. The minimum atomic E-state index is 0.0530. The third-order valence-corrected chi connectivity index (χ3v) is 3.74. The topological polar surface area (TPSA) is 21.6 Å². The zero-order valence-electron chi connectivity index (χ0n) is 9.71. The molecule has 0 fully saturated rings. The molecule has 3 heteroatoms. The molecule has 0 bridgehead atoms. The summed E-state index contributed by atoms with van der Waals surface area (Å²) >= 11 is 2.30. The van der Waals surface area contributed by atoms with E-state index in [9.17, 15) is 0 Å². The van der Waals surface area contributed by atoms with Gasteiger partial charge in [0, 0.05) is 9.99 Å². The van der Waals surface area contributed by atoms with Crippen LogP contribution in [0.4, 0.5) is 0 Å². The van der Waals surface area contributed by atoms with E-state index >= 15 is 0 Å². The predicted octanol–water partition coefficient (Wildman–Crippen LogP) is 4.16. The lowest BCUT2D eigenvalue weighted by molar-refractivity contribution is 0.0857. The Bertz CT molecular complexity index is 563. The van der Waals surface area contributed by atoms with E-state index in [1.54, 1.807) is 0 Å². The summed E-state index contributed by atoms with van der Waals surface area (Å²) in [4.78, 5) is 5.53. The van der Waals surface area contributed by atoms with Crippen LogP contribution in [-0.2, 0) is 4.84 Å². The van der Waals surface area contributed by atoms with Crippen LogP contribution in [0.1, 0.15) is 23.7 Å². The number of hydrogen-bond acceptors (Lipinski definition) is 2. The van der Waals surface area contributed by atoms with Gasteiger partial charge in [-0.05, 0) is 45.9 Å². The number of rotatable bonds is 2. The molecule has 0 saturated heterocycles. The quantitative estimate of drug-likeness (QED) is 0.747. The summed E-state index contributed by atoms with van der Waals surface area (Å²) in [7, 11) is 0. The molecule has 0 aromatic heterocycles. The Morgan fingerprint density at radius 3 is 2.44 bits per heavy atom. The van der Waals surface area contributed by atoms with E-state index in [0.29, 0.717) is 0 Å². The summed E-state index contributed by atoms with van der Waals surface area (Å²) in [5.41, 5.74) is 3.36. The summed E-state index contributed by atoms with van der Waals surface area (Å²) in [5, 5.41) is 4.20. The molecule has 90 valence electrons. The van der Waals surface area contributed by atoms with Gasteiger partial charge >= 0.3 is 0 Å². The van der Waals surface area contributed by atoms with E-state index in [1.165, 1.54) is 9.13 Å². The minimum absolute atomic E-state index is 0.0530. The van der Waals surface area contributed by atoms with Crippen molar-refractivity contribution < 1.29 is 4.84 Å². The molecule has 1 aliphatic rings. The predicted molar refractivity (Wildman–Crippen MR) is 80.6 cm³/mol. The maximum absolute atomic E-state index is 5.53. The third-order valence-electron chi connectivity index (χ3n) is 3.02. The first kappa shape index (κ1) is 11.7. The van der Waals surface area contributed by atoms with Gasteiger partial charge in [0.1, 0.15) is 0 Å². The van der Waals surface area contributed by atoms with Crippen LogP contribution in [0.3, 0.4) is 0 Å². The first-order valence-electron chi connectivity index (χ1n) is 5.86. The van der Waals surface area contributed by atoms with Crippen LogP contribution in [0, 0.1) is 3.57 Å². The Morgan fingerprint density at radius 2 is 1.72 bits per heavy atom. The lowest BCUT2D eigenvalue weighted by Crippen LogP contribution is -2.01. The van der Waals surface area contributed by atoms with E-state index < -0.39 is 0 Å². The molecule has 18 heavy (non-hydrogen) atoms. The average molecular weight is 349 g/mol. The van der Waals surface area contributed by atoms with Crippen molar-refractivity contribution in [2.45, 2.75) is 12.5 Å². The third kappa shape index (κ3) is 2.41. The summed E-state index contributed by atoms with van der Waals surface area (Å²) in [5.74, 6) is 0. The van der Waals surface area contributed by atoms with E-state index in [2.05, 4.69) is 64.1 Å². The van der Waals surface area contributed by atoms with Gasteiger partial charge in [0.2, 0.25) is 0 Å². The highest BCUT2D eigenvalue weighted by Gasteiger charge is 2.23. The molecule has 1 unspecified atom stereocenters. The highest BCUT2D eigenvalue weighted by Crippen LogP contribution is 2.29. The van der Waals surface area contributed by atoms with Crippen molar-refractivity contribution in [2.75, 3.05) is 0 Å². The molecule has 0 amide bonds. The maximum Gasteiger partial charge on any atom is 0.158 e.